The van der Waals surface area contributed by atoms with Crippen molar-refractivity contribution in [2.75, 3.05) is 6.61 Å². The van der Waals surface area contributed by atoms with Crippen LogP contribution in [-0.2, 0) is 13.1 Å². The van der Waals surface area contributed by atoms with Gasteiger partial charge in [-0.05, 0) is 24.6 Å². The van der Waals surface area contributed by atoms with Crippen LogP contribution in [0.2, 0.25) is 0 Å². The van der Waals surface area contributed by atoms with Crippen molar-refractivity contribution in [3.63, 3.8) is 0 Å². The van der Waals surface area contributed by atoms with Gasteiger partial charge in [-0.15, -0.1) is 0 Å². The molecule has 4 nitrogen and oxygen atoms in total. The van der Waals surface area contributed by atoms with Gasteiger partial charge < -0.3 is 10.4 Å². The van der Waals surface area contributed by atoms with E-state index in [0.29, 0.717) is 13.1 Å². The van der Waals surface area contributed by atoms with Crippen LogP contribution in [0.3, 0.4) is 0 Å². The molecule has 1 heterocycles. The Morgan fingerprint density at radius 3 is 2.79 bits per heavy atom. The molecule has 2 N–H and O–H groups in total. The maximum Gasteiger partial charge on any atom is 0.123 e. The molecule has 0 saturated heterocycles. The monoisotopic (exact) mass is 263 g/mol. The Morgan fingerprint density at radius 2 is 2.11 bits per heavy atom. The van der Waals surface area contributed by atoms with Gasteiger partial charge in [0.15, 0.2) is 0 Å². The van der Waals surface area contributed by atoms with Crippen LogP contribution in [0, 0.1) is 5.82 Å². The molecule has 0 amide bonds. The summed E-state index contributed by atoms with van der Waals surface area (Å²) < 4.78 is 14.5. The molecule has 19 heavy (non-hydrogen) atoms. The minimum absolute atomic E-state index is 0.0839. The fourth-order valence-electron chi connectivity index (χ4n) is 1.86. The molecular weight excluding hydrogens is 245 g/mol. The van der Waals surface area contributed by atoms with E-state index < -0.39 is 0 Å². The molecule has 102 valence electrons. The molecule has 1 atom stereocenters. The Labute approximate surface area is 111 Å². The average Bonchev–Trinajstić information content (AvgIpc) is 2.85. The summed E-state index contributed by atoms with van der Waals surface area (Å²) in [6, 6.07) is 6.63. The summed E-state index contributed by atoms with van der Waals surface area (Å²) in [5.74, 6) is -0.221. The summed E-state index contributed by atoms with van der Waals surface area (Å²) in [6.45, 7) is 3.31. The third kappa shape index (κ3) is 3.87. The van der Waals surface area contributed by atoms with Crippen LogP contribution in [0.25, 0.3) is 0 Å². The number of rotatable bonds is 6. The van der Waals surface area contributed by atoms with E-state index >= 15 is 0 Å². The molecule has 0 unspecified atom stereocenters. The lowest BCUT2D eigenvalue weighted by Crippen LogP contribution is -2.17. The summed E-state index contributed by atoms with van der Waals surface area (Å²) in [5.41, 5.74) is 2.10. The molecule has 0 spiro atoms. The number of benzene rings is 1. The Bertz CT molecular complexity index is 510. The maximum atomic E-state index is 12.8. The van der Waals surface area contributed by atoms with Gasteiger partial charge >= 0.3 is 0 Å². The lowest BCUT2D eigenvalue weighted by Gasteiger charge is -2.13. The van der Waals surface area contributed by atoms with Crippen molar-refractivity contribution >= 4 is 0 Å². The van der Waals surface area contributed by atoms with Gasteiger partial charge in [-0.1, -0.05) is 12.1 Å². The second kappa shape index (κ2) is 6.45. The van der Waals surface area contributed by atoms with E-state index in [-0.39, 0.29) is 18.5 Å². The first-order valence-corrected chi connectivity index (χ1v) is 6.30. The van der Waals surface area contributed by atoms with E-state index in [4.69, 9.17) is 5.11 Å². The first-order chi connectivity index (χ1) is 9.19. The molecule has 5 heteroatoms. The minimum atomic E-state index is -0.221. The number of hydrogen-bond donors (Lipinski definition) is 2. The zero-order chi connectivity index (χ0) is 13.7. The number of aromatic nitrogens is 2. The number of aliphatic hydroxyl groups excluding tert-OH is 1. The first-order valence-electron chi connectivity index (χ1n) is 6.30. The van der Waals surface area contributed by atoms with Crippen LogP contribution >= 0.6 is 0 Å². The van der Waals surface area contributed by atoms with Crippen molar-refractivity contribution in [3.05, 3.63) is 53.6 Å². The summed E-state index contributed by atoms with van der Waals surface area (Å²) in [5, 5.41) is 16.3. The van der Waals surface area contributed by atoms with Gasteiger partial charge in [0.25, 0.3) is 0 Å². The molecule has 0 fully saturated rings. The molecule has 1 aromatic carbocycles. The van der Waals surface area contributed by atoms with E-state index in [2.05, 4.69) is 10.4 Å². The van der Waals surface area contributed by atoms with Crippen molar-refractivity contribution in [3.8, 4) is 0 Å². The molecule has 0 aliphatic carbocycles. The van der Waals surface area contributed by atoms with Crippen molar-refractivity contribution in [1.82, 2.24) is 15.1 Å². The molecule has 0 saturated carbocycles. The number of nitrogens with zero attached hydrogens (tertiary/aromatic N) is 2. The Kier molecular flexibility index (Phi) is 4.65. The van der Waals surface area contributed by atoms with E-state index in [1.54, 1.807) is 23.0 Å². The molecule has 2 aromatic rings. The minimum Gasteiger partial charge on any atom is -0.394 e. The van der Waals surface area contributed by atoms with Crippen LogP contribution < -0.4 is 5.32 Å². The van der Waals surface area contributed by atoms with Crippen LogP contribution in [0.5, 0.6) is 0 Å². The van der Waals surface area contributed by atoms with Crippen LogP contribution in [-0.4, -0.2) is 21.5 Å². The SMILES string of the molecule is C[C@H](NCc1cnn(CCO)c1)c1ccc(F)cc1. The van der Waals surface area contributed by atoms with Crippen LogP contribution in [0.1, 0.15) is 24.1 Å². The highest BCUT2D eigenvalue weighted by Gasteiger charge is 2.06. The Hall–Kier alpha value is -1.72. The van der Waals surface area contributed by atoms with Gasteiger partial charge in [-0.2, -0.15) is 5.10 Å². The molecule has 0 aliphatic rings. The summed E-state index contributed by atoms with van der Waals surface area (Å²) in [4.78, 5) is 0. The van der Waals surface area contributed by atoms with Crippen molar-refractivity contribution in [2.24, 2.45) is 0 Å². The zero-order valence-electron chi connectivity index (χ0n) is 10.9. The van der Waals surface area contributed by atoms with E-state index in [1.165, 1.54) is 12.1 Å². The van der Waals surface area contributed by atoms with Crippen molar-refractivity contribution < 1.29 is 9.50 Å². The van der Waals surface area contributed by atoms with Crippen LogP contribution in [0.15, 0.2) is 36.7 Å². The highest BCUT2D eigenvalue weighted by atomic mass is 19.1. The topological polar surface area (TPSA) is 50.1 Å². The molecule has 0 bridgehead atoms. The average molecular weight is 263 g/mol. The predicted molar refractivity (Wildman–Crippen MR) is 71.0 cm³/mol. The third-order valence-corrected chi connectivity index (χ3v) is 3.00. The van der Waals surface area contributed by atoms with Gasteiger partial charge in [-0.3, -0.25) is 4.68 Å². The summed E-state index contributed by atoms with van der Waals surface area (Å²) >= 11 is 0. The Morgan fingerprint density at radius 1 is 1.37 bits per heavy atom. The smallest absolute Gasteiger partial charge is 0.123 e. The lowest BCUT2D eigenvalue weighted by molar-refractivity contribution is 0.269. The summed E-state index contributed by atoms with van der Waals surface area (Å²) in [6.07, 6.45) is 3.68. The third-order valence-electron chi connectivity index (χ3n) is 3.00. The number of halogens is 1. The Balaban J connectivity index is 1.88. The highest BCUT2D eigenvalue weighted by molar-refractivity contribution is 5.19. The molecule has 1 aromatic heterocycles. The highest BCUT2D eigenvalue weighted by Crippen LogP contribution is 2.13. The lowest BCUT2D eigenvalue weighted by atomic mass is 10.1. The van der Waals surface area contributed by atoms with Gasteiger partial charge in [0.2, 0.25) is 0 Å². The molecule has 0 aliphatic heterocycles. The van der Waals surface area contributed by atoms with Gasteiger partial charge in [0.1, 0.15) is 5.82 Å². The van der Waals surface area contributed by atoms with E-state index in [9.17, 15) is 4.39 Å². The van der Waals surface area contributed by atoms with Gasteiger partial charge in [0, 0.05) is 24.3 Å². The zero-order valence-corrected chi connectivity index (χ0v) is 10.9. The second-order valence-electron chi connectivity index (χ2n) is 4.49. The van der Waals surface area contributed by atoms with Crippen LogP contribution in [0.4, 0.5) is 4.39 Å². The quantitative estimate of drug-likeness (QED) is 0.836. The van der Waals surface area contributed by atoms with Crippen molar-refractivity contribution in [2.45, 2.75) is 26.1 Å². The number of hydrogen-bond acceptors (Lipinski definition) is 3. The standard InChI is InChI=1S/C14H18FN3O/c1-11(13-2-4-14(15)5-3-13)16-8-12-9-17-18(10-12)6-7-19/h2-5,9-11,16,19H,6-8H2,1H3/t11-/m0/s1. The second-order valence-corrected chi connectivity index (χ2v) is 4.49. The molecular formula is C14H18FN3O. The largest absolute Gasteiger partial charge is 0.394 e. The molecule has 2 rings (SSSR count). The van der Waals surface area contributed by atoms with Crippen molar-refractivity contribution in [1.29, 1.82) is 0 Å². The first kappa shape index (κ1) is 13.7. The summed E-state index contributed by atoms with van der Waals surface area (Å²) in [7, 11) is 0. The fraction of sp³-hybridized carbons (Fsp3) is 0.357. The van der Waals surface area contributed by atoms with E-state index in [0.717, 1.165) is 11.1 Å². The van der Waals surface area contributed by atoms with Gasteiger partial charge in [-0.25, -0.2) is 4.39 Å². The van der Waals surface area contributed by atoms with Gasteiger partial charge in [0.05, 0.1) is 19.3 Å². The number of aliphatic hydroxyl groups is 1. The normalized spacial score (nSPS) is 12.6. The van der Waals surface area contributed by atoms with E-state index in [1.807, 2.05) is 13.1 Å². The molecule has 0 radical (unpaired) electrons. The maximum absolute atomic E-state index is 12.8. The predicted octanol–water partition coefficient (Wildman–Crippen LogP) is 1.87. The fourth-order valence-corrected chi connectivity index (χ4v) is 1.86. The number of nitrogens with one attached hydrogen (secondary N) is 1.